The number of hydrogen-bond acceptors (Lipinski definition) is 5. The SMILES string of the molecule is COc1ccccc1OC(=O)CNC(=O)c1ccc2nc[nH]c2c1. The minimum atomic E-state index is -0.588. The summed E-state index contributed by atoms with van der Waals surface area (Å²) in [4.78, 5) is 31.0. The molecule has 0 spiro atoms. The number of rotatable bonds is 5. The van der Waals surface area contributed by atoms with E-state index >= 15 is 0 Å². The van der Waals surface area contributed by atoms with Crippen molar-refractivity contribution >= 4 is 22.9 Å². The molecule has 0 saturated carbocycles. The van der Waals surface area contributed by atoms with Gasteiger partial charge in [-0.1, -0.05) is 12.1 Å². The number of carbonyl (C=O) groups is 2. The van der Waals surface area contributed by atoms with Gasteiger partial charge in [0.2, 0.25) is 0 Å². The molecule has 3 aromatic rings. The maximum absolute atomic E-state index is 12.1. The summed E-state index contributed by atoms with van der Waals surface area (Å²) in [6, 6.07) is 11.8. The molecule has 0 fully saturated rings. The fraction of sp³-hybridized carbons (Fsp3) is 0.118. The summed E-state index contributed by atoms with van der Waals surface area (Å²) >= 11 is 0. The Morgan fingerprint density at radius 2 is 1.96 bits per heavy atom. The molecule has 0 saturated heterocycles. The van der Waals surface area contributed by atoms with Crippen molar-refractivity contribution in [2.45, 2.75) is 0 Å². The number of benzene rings is 2. The molecule has 7 nitrogen and oxygen atoms in total. The molecular formula is C17H15N3O4. The first-order chi connectivity index (χ1) is 11.7. The third kappa shape index (κ3) is 3.35. The summed E-state index contributed by atoms with van der Waals surface area (Å²) in [6.07, 6.45) is 1.55. The molecular weight excluding hydrogens is 310 g/mol. The number of carbonyl (C=O) groups excluding carboxylic acids is 2. The van der Waals surface area contributed by atoms with E-state index in [2.05, 4.69) is 15.3 Å². The standard InChI is InChI=1S/C17H15N3O4/c1-23-14-4-2-3-5-15(14)24-16(21)9-18-17(22)11-6-7-12-13(8-11)20-10-19-12/h2-8,10H,9H2,1H3,(H,18,22)(H,19,20). The summed E-state index contributed by atoms with van der Waals surface area (Å²) in [6.45, 7) is -0.252. The third-order valence-electron chi connectivity index (χ3n) is 3.37. The molecule has 1 amide bonds. The van der Waals surface area contributed by atoms with Gasteiger partial charge in [0.05, 0.1) is 24.5 Å². The molecule has 0 atom stereocenters. The van der Waals surface area contributed by atoms with Crippen molar-refractivity contribution in [1.82, 2.24) is 15.3 Å². The van der Waals surface area contributed by atoms with Crippen molar-refractivity contribution in [3.8, 4) is 11.5 Å². The van der Waals surface area contributed by atoms with Gasteiger partial charge in [-0.05, 0) is 30.3 Å². The fourth-order valence-electron chi connectivity index (χ4n) is 2.19. The van der Waals surface area contributed by atoms with Gasteiger partial charge in [0.25, 0.3) is 5.91 Å². The Morgan fingerprint density at radius 3 is 2.75 bits per heavy atom. The molecule has 0 unspecified atom stereocenters. The van der Waals surface area contributed by atoms with E-state index in [9.17, 15) is 9.59 Å². The van der Waals surface area contributed by atoms with E-state index in [1.54, 1.807) is 48.8 Å². The second-order valence-corrected chi connectivity index (χ2v) is 4.94. The lowest BCUT2D eigenvalue weighted by atomic mass is 10.2. The molecule has 0 radical (unpaired) electrons. The predicted octanol–water partition coefficient (Wildman–Crippen LogP) is 1.91. The average molecular weight is 325 g/mol. The summed E-state index contributed by atoms with van der Waals surface area (Å²) < 4.78 is 10.3. The van der Waals surface area contributed by atoms with Gasteiger partial charge in [-0.2, -0.15) is 0 Å². The number of methoxy groups -OCH3 is 1. The van der Waals surface area contributed by atoms with E-state index in [0.717, 1.165) is 11.0 Å². The van der Waals surface area contributed by atoms with E-state index in [1.807, 2.05) is 0 Å². The third-order valence-corrected chi connectivity index (χ3v) is 3.37. The molecule has 2 N–H and O–H groups in total. The van der Waals surface area contributed by atoms with Crippen molar-refractivity contribution in [2.24, 2.45) is 0 Å². The normalized spacial score (nSPS) is 10.4. The highest BCUT2D eigenvalue weighted by atomic mass is 16.6. The fourth-order valence-corrected chi connectivity index (χ4v) is 2.19. The van der Waals surface area contributed by atoms with Gasteiger partial charge in [-0.15, -0.1) is 0 Å². The zero-order valence-electron chi connectivity index (χ0n) is 12.9. The van der Waals surface area contributed by atoms with Crippen molar-refractivity contribution < 1.29 is 19.1 Å². The lowest BCUT2D eigenvalue weighted by Gasteiger charge is -2.09. The lowest BCUT2D eigenvalue weighted by Crippen LogP contribution is -2.31. The van der Waals surface area contributed by atoms with Crippen LogP contribution in [0.1, 0.15) is 10.4 Å². The average Bonchev–Trinajstić information content (AvgIpc) is 3.07. The molecule has 24 heavy (non-hydrogen) atoms. The number of hydrogen-bond donors (Lipinski definition) is 2. The van der Waals surface area contributed by atoms with Gasteiger partial charge < -0.3 is 19.8 Å². The Bertz CT molecular complexity index is 888. The minimum absolute atomic E-state index is 0.252. The van der Waals surface area contributed by atoms with Crippen molar-refractivity contribution in [3.05, 3.63) is 54.4 Å². The van der Waals surface area contributed by atoms with Crippen LogP contribution in [0.15, 0.2) is 48.8 Å². The summed E-state index contributed by atoms with van der Waals surface area (Å²) in [5, 5.41) is 2.52. The van der Waals surface area contributed by atoms with E-state index in [4.69, 9.17) is 9.47 Å². The van der Waals surface area contributed by atoms with Gasteiger partial charge in [-0.25, -0.2) is 9.78 Å². The Hall–Kier alpha value is -3.35. The number of imidazole rings is 1. The zero-order chi connectivity index (χ0) is 16.9. The number of aromatic amines is 1. The lowest BCUT2D eigenvalue weighted by molar-refractivity contribution is -0.133. The van der Waals surface area contributed by atoms with Crippen LogP contribution in [0.3, 0.4) is 0 Å². The van der Waals surface area contributed by atoms with Crippen molar-refractivity contribution in [2.75, 3.05) is 13.7 Å². The Morgan fingerprint density at radius 1 is 1.17 bits per heavy atom. The number of nitrogens with one attached hydrogen (secondary N) is 2. The number of para-hydroxylation sites is 2. The number of amides is 1. The minimum Gasteiger partial charge on any atom is -0.493 e. The first-order valence-corrected chi connectivity index (χ1v) is 7.22. The number of H-pyrrole nitrogens is 1. The smallest absolute Gasteiger partial charge is 0.330 e. The van der Waals surface area contributed by atoms with Gasteiger partial charge in [0.1, 0.15) is 6.54 Å². The van der Waals surface area contributed by atoms with Crippen LogP contribution in [0, 0.1) is 0 Å². The molecule has 3 rings (SSSR count). The quantitative estimate of drug-likeness (QED) is 0.552. The number of nitrogens with zero attached hydrogens (tertiary/aromatic N) is 1. The van der Waals surface area contributed by atoms with E-state index < -0.39 is 5.97 Å². The highest BCUT2D eigenvalue weighted by Gasteiger charge is 2.12. The Kier molecular flexibility index (Phi) is 4.42. The Labute approximate surface area is 137 Å². The van der Waals surface area contributed by atoms with Crippen LogP contribution in [0.25, 0.3) is 11.0 Å². The second kappa shape index (κ2) is 6.82. The molecule has 1 aromatic heterocycles. The number of ether oxygens (including phenoxy) is 2. The van der Waals surface area contributed by atoms with Gasteiger partial charge >= 0.3 is 5.97 Å². The topological polar surface area (TPSA) is 93.3 Å². The van der Waals surface area contributed by atoms with Gasteiger partial charge in [0, 0.05) is 5.56 Å². The first kappa shape index (κ1) is 15.5. The van der Waals surface area contributed by atoms with Crippen LogP contribution in [-0.4, -0.2) is 35.5 Å². The first-order valence-electron chi connectivity index (χ1n) is 7.22. The highest BCUT2D eigenvalue weighted by molar-refractivity contribution is 5.98. The van der Waals surface area contributed by atoms with Gasteiger partial charge in [-0.3, -0.25) is 4.79 Å². The van der Waals surface area contributed by atoms with Crippen molar-refractivity contribution in [1.29, 1.82) is 0 Å². The summed E-state index contributed by atoms with van der Waals surface area (Å²) in [5.74, 6) is -0.209. The predicted molar refractivity (Wildman–Crippen MR) is 87.1 cm³/mol. The highest BCUT2D eigenvalue weighted by Crippen LogP contribution is 2.25. The number of fused-ring (bicyclic) bond motifs is 1. The molecule has 7 heteroatoms. The molecule has 1 heterocycles. The van der Waals surface area contributed by atoms with E-state index in [1.165, 1.54) is 7.11 Å². The van der Waals surface area contributed by atoms with E-state index in [-0.39, 0.29) is 12.5 Å². The maximum atomic E-state index is 12.1. The summed E-state index contributed by atoms with van der Waals surface area (Å²) in [5.41, 5.74) is 1.94. The molecule has 0 aliphatic heterocycles. The van der Waals surface area contributed by atoms with Crippen LogP contribution in [0.2, 0.25) is 0 Å². The zero-order valence-corrected chi connectivity index (χ0v) is 12.9. The second-order valence-electron chi connectivity index (χ2n) is 4.94. The summed E-state index contributed by atoms with van der Waals surface area (Å²) in [7, 11) is 1.49. The number of esters is 1. The van der Waals surface area contributed by atoms with E-state index in [0.29, 0.717) is 17.1 Å². The van der Waals surface area contributed by atoms with Crippen LogP contribution < -0.4 is 14.8 Å². The van der Waals surface area contributed by atoms with Crippen LogP contribution in [-0.2, 0) is 4.79 Å². The van der Waals surface area contributed by atoms with Gasteiger partial charge in [0.15, 0.2) is 11.5 Å². The van der Waals surface area contributed by atoms with Crippen molar-refractivity contribution in [3.63, 3.8) is 0 Å². The molecule has 122 valence electrons. The molecule has 0 aliphatic carbocycles. The largest absolute Gasteiger partial charge is 0.493 e. The van der Waals surface area contributed by atoms with Crippen LogP contribution in [0.4, 0.5) is 0 Å². The molecule has 0 aliphatic rings. The number of aromatic nitrogens is 2. The molecule has 0 bridgehead atoms. The van der Waals surface area contributed by atoms with Crippen LogP contribution in [0.5, 0.6) is 11.5 Å². The molecule has 2 aromatic carbocycles. The maximum Gasteiger partial charge on any atom is 0.330 e. The Balaban J connectivity index is 1.60. The monoisotopic (exact) mass is 325 g/mol. The van der Waals surface area contributed by atoms with Crippen LogP contribution >= 0.6 is 0 Å².